The zero-order chi connectivity index (χ0) is 81.6. The quantitative estimate of drug-likeness (QED) is 0.0468. The first kappa shape index (κ1) is 85.6. The fraction of sp³-hybridized carbons (Fsp3) is 0.169. The van der Waals surface area contributed by atoms with Gasteiger partial charge in [0.25, 0.3) is 11.9 Å². The number of carbonyl (C=O) groups is 2. The first-order chi connectivity index (χ1) is 51.9. The number of thiocarbonyl (C=S) groups is 2. The summed E-state index contributed by atoms with van der Waals surface area (Å²) < 4.78 is 191. The monoisotopic (exact) mass is 1730 g/mol. The Morgan fingerprint density at radius 3 is 1.17 bits per heavy atom. The number of hydrogen-bond donors (Lipinski definition) is 6. The zero-order valence-electron chi connectivity index (χ0n) is 57.9. The summed E-state index contributed by atoms with van der Waals surface area (Å²) >= 11 is 17.8. The molecule has 0 radical (unpaired) electrons. The predicted molar refractivity (Wildman–Crippen MR) is 412 cm³/mol. The first-order valence-electron chi connectivity index (χ1n) is 31.2. The normalized spacial score (nSPS) is 11.1. The summed E-state index contributed by atoms with van der Waals surface area (Å²) in [7, 11) is 4.60. The van der Waals surface area contributed by atoms with Gasteiger partial charge in [-0.15, -0.1) is 0 Å². The van der Waals surface area contributed by atoms with Crippen molar-refractivity contribution in [1.82, 2.24) is 29.9 Å². The number of halogens is 15. The summed E-state index contributed by atoms with van der Waals surface area (Å²) in [5.41, 5.74) is 16.6. The fourth-order valence-electron chi connectivity index (χ4n) is 9.01. The number of alkyl halides is 13. The number of rotatable bonds is 8. The summed E-state index contributed by atoms with van der Waals surface area (Å²) in [5.74, 6) is -0.622. The minimum atomic E-state index is -4.37. The van der Waals surface area contributed by atoms with Crippen LogP contribution in [-0.4, -0.2) is 90.4 Å². The molecule has 14 rings (SSSR count). The molecule has 14 aromatic rings. The zero-order valence-corrected chi connectivity index (χ0v) is 63.4. The maximum absolute atomic E-state index is 12.7. The van der Waals surface area contributed by atoms with Crippen molar-refractivity contribution < 1.29 is 95.9 Å². The van der Waals surface area contributed by atoms with Crippen molar-refractivity contribution >= 4 is 184 Å². The molecule has 0 fully saturated rings. The summed E-state index contributed by atoms with van der Waals surface area (Å²) in [6.45, 7) is 4.10. The minimum absolute atomic E-state index is 0.242. The van der Waals surface area contributed by atoms with E-state index in [0.717, 1.165) is 87.6 Å². The molecule has 6 heterocycles. The van der Waals surface area contributed by atoms with Crippen LogP contribution < -0.4 is 27.0 Å². The Bertz CT molecular complexity index is 5420. The van der Waals surface area contributed by atoms with Gasteiger partial charge in [-0.3, -0.25) is 14.0 Å². The third kappa shape index (κ3) is 23.9. The standard InChI is InChI=1S/C17H12F3N3OS.C17H13F3N2OS.C16H10F3N3OS.C14H9F3N2O.C2H3NS.2C2H4O2.CH3F.Br2/c1-23(2)16-22-14-12(25-16)8-7-11-13(14)21-15(24-11)9-3-5-10(6-4-9)17(18,19)20;1-2-14(24)21-12-4-3-5-13-15(12)22-16(23-13)10-6-8-11(9-7-10)17(18,19)20;1-20-15-22-13-11(24-15)7-6-10-12(13)21-14(23-10)8-2-4-9(5-3-8)16(17,18)19;15-14(16,17)9-6-4-8(5-7-9)13-19-12-10(18)2-1-3-11(12)20-13;3-1-2-4;2*1-2(3)4;2*1-2/h3-8H,1-2H3;3-9H,2H2,1H3,(H,21,24);2-7H,1H3,(H,20,22);1-7H,18H2;1H,3H2;2*1H3,(H,3,4);1H3;/i;;;;;;;1D;. The van der Waals surface area contributed by atoms with E-state index in [9.17, 15) is 57.1 Å². The summed E-state index contributed by atoms with van der Waals surface area (Å²) in [5, 5.41) is 24.7. The summed E-state index contributed by atoms with van der Waals surface area (Å²) in [6, 6.07) is 36.7. The van der Waals surface area contributed by atoms with E-state index in [1.54, 1.807) is 49.5 Å². The number of nitrogens with one attached hydrogen (secondary N) is 2. The molecular formula is C71H58Br2F13N11O8S4. The van der Waals surface area contributed by atoms with Crippen molar-refractivity contribution in [3.63, 3.8) is 0 Å². The van der Waals surface area contributed by atoms with Gasteiger partial charge in [0.2, 0.25) is 23.6 Å². The highest BCUT2D eigenvalue weighted by Crippen LogP contribution is 2.40. The Morgan fingerprint density at radius 2 is 0.853 bits per heavy atom. The number of nitrogens with zero attached hydrogens (tertiary/aromatic N) is 7. The number of hydrogen-bond acceptors (Lipinski definition) is 20. The fourth-order valence-corrected chi connectivity index (χ4v) is 10.8. The second-order valence-electron chi connectivity index (χ2n) is 21.6. The first-order valence-corrected chi connectivity index (χ1v) is 36.7. The van der Waals surface area contributed by atoms with Gasteiger partial charge in [0, 0.05) is 91.7 Å². The Morgan fingerprint density at radius 1 is 0.541 bits per heavy atom. The molecule has 0 bridgehead atoms. The maximum atomic E-state index is 12.7. The number of thiazole rings is 2. The average Bonchev–Trinajstić information content (AvgIpc) is 1.62. The van der Waals surface area contributed by atoms with Gasteiger partial charge in [-0.2, -0.15) is 52.7 Å². The van der Waals surface area contributed by atoms with Crippen LogP contribution in [0.5, 0.6) is 0 Å². The van der Waals surface area contributed by atoms with E-state index in [0.29, 0.717) is 95.0 Å². The number of benzene rings is 8. The molecule has 0 aliphatic rings. The Balaban J connectivity index is 0.000000214. The summed E-state index contributed by atoms with van der Waals surface area (Å²) in [6.07, 6.45) is -15.6. The van der Waals surface area contributed by atoms with Crippen LogP contribution >= 0.6 is 75.4 Å². The number of anilines is 4. The molecule has 0 saturated heterocycles. The Hall–Kier alpha value is -10.6. The van der Waals surface area contributed by atoms with Crippen LogP contribution in [-0.2, 0) is 34.3 Å². The van der Waals surface area contributed by atoms with Crippen LogP contribution in [0.15, 0.2) is 182 Å². The Kier molecular flexibility index (Phi) is 30.6. The molecule has 109 heavy (non-hydrogen) atoms. The average molecular weight is 1730 g/mol. The van der Waals surface area contributed by atoms with Crippen molar-refractivity contribution in [2.24, 2.45) is 5.73 Å². The van der Waals surface area contributed by atoms with Gasteiger partial charge in [0.1, 0.15) is 33.1 Å². The number of nitrogens with two attached hydrogens (primary N) is 2. The number of carboxylic acid groups (broad SMARTS) is 2. The number of oxazole rings is 4. The number of para-hydroxylation sites is 2. The van der Waals surface area contributed by atoms with Crippen LogP contribution in [0.3, 0.4) is 0 Å². The molecule has 8 N–H and O–H groups in total. The lowest BCUT2D eigenvalue weighted by Crippen LogP contribution is -2.07. The van der Waals surface area contributed by atoms with Gasteiger partial charge in [-0.05, 0) is 169 Å². The molecular weight excluding hydrogens is 1670 g/mol. The molecule has 19 nitrogen and oxygen atoms in total. The third-order valence-electron chi connectivity index (χ3n) is 13.8. The lowest BCUT2D eigenvalue weighted by Gasteiger charge is -2.06. The molecule has 574 valence electrons. The van der Waals surface area contributed by atoms with Crippen molar-refractivity contribution in [3.8, 4) is 45.8 Å². The van der Waals surface area contributed by atoms with Gasteiger partial charge in [0.15, 0.2) is 32.6 Å². The topological polar surface area (TPSA) is 284 Å². The molecule has 0 atom stereocenters. The van der Waals surface area contributed by atoms with Crippen molar-refractivity contribution in [1.29, 1.82) is 0 Å². The molecule has 38 heteroatoms. The van der Waals surface area contributed by atoms with Crippen LogP contribution in [0.2, 0.25) is 0 Å². The highest BCUT2D eigenvalue weighted by molar-refractivity contribution is 9.93. The van der Waals surface area contributed by atoms with Gasteiger partial charge >= 0.3 is 24.7 Å². The molecule has 6 aromatic heterocycles. The van der Waals surface area contributed by atoms with Gasteiger partial charge < -0.3 is 54.9 Å². The predicted octanol–water partition coefficient (Wildman–Crippen LogP) is 22.6. The van der Waals surface area contributed by atoms with E-state index >= 15 is 0 Å². The van der Waals surface area contributed by atoms with E-state index in [4.69, 9.17) is 56.8 Å². The van der Waals surface area contributed by atoms with E-state index in [-0.39, 0.29) is 23.6 Å². The molecule has 0 saturated carbocycles. The molecule has 0 unspecified atom stereocenters. The number of nitrogen functional groups attached to an aromatic ring is 1. The lowest BCUT2D eigenvalue weighted by atomic mass is 10.1. The minimum Gasteiger partial charge on any atom is -0.481 e. The van der Waals surface area contributed by atoms with E-state index in [1.165, 1.54) is 77.4 Å². The van der Waals surface area contributed by atoms with Gasteiger partial charge in [-0.25, -0.2) is 29.9 Å². The molecule has 8 aromatic carbocycles. The van der Waals surface area contributed by atoms with Gasteiger partial charge in [0.05, 0.1) is 56.5 Å². The lowest BCUT2D eigenvalue weighted by molar-refractivity contribution is -0.138. The SMILES string of the molecule is BrBr.CC(=O)O.CC(=O)O.CCC(=S)Nc1cccc2oc(-c3ccc(C(F)(F)F)cc3)nc12.CN(C)c1nc2c(ccc3oc(-c4ccc(C(F)(F)F)cc4)nc32)s1.CNc1nc2c(ccc3oc(-c4ccc(C(F)(F)F)cc4)nc32)s1.NC=C=S.Nc1cccc2oc(-c3ccc(C(F)(F)F)cc3)nc12.[2H]CF. The van der Waals surface area contributed by atoms with Crippen molar-refractivity contribution in [3.05, 3.63) is 186 Å². The largest absolute Gasteiger partial charge is 0.481 e. The van der Waals surface area contributed by atoms with Crippen LogP contribution in [0.4, 0.5) is 78.7 Å². The maximum Gasteiger partial charge on any atom is 0.416 e. The third-order valence-corrected chi connectivity index (χ3v) is 16.5. The number of aliphatic carboxylic acids is 2. The molecule has 0 aliphatic carbocycles. The van der Waals surface area contributed by atoms with E-state index in [2.05, 4.69) is 91.8 Å². The summed E-state index contributed by atoms with van der Waals surface area (Å²) in [4.78, 5) is 47.1. The van der Waals surface area contributed by atoms with E-state index in [1.807, 2.05) is 44.1 Å². The van der Waals surface area contributed by atoms with Crippen molar-refractivity contribution in [2.75, 3.05) is 49.6 Å². The van der Waals surface area contributed by atoms with Crippen LogP contribution in [0.25, 0.3) is 111 Å². The second-order valence-corrected chi connectivity index (χ2v) is 24.4. The van der Waals surface area contributed by atoms with Gasteiger partial charge in [-0.1, -0.05) is 53.9 Å². The molecule has 0 amide bonds. The number of aromatic nitrogens is 6. The molecule has 0 aliphatic heterocycles. The highest BCUT2D eigenvalue weighted by Gasteiger charge is 2.33. The Labute approximate surface area is 644 Å². The number of fused-ring (bicyclic) bond motifs is 8. The van der Waals surface area contributed by atoms with E-state index < -0.39 is 66.1 Å². The number of carboxylic acids is 2. The molecule has 0 spiro atoms. The smallest absolute Gasteiger partial charge is 0.416 e. The van der Waals surface area contributed by atoms with Crippen LogP contribution in [0.1, 0.15) is 50.8 Å². The second kappa shape index (κ2) is 39.0. The highest BCUT2D eigenvalue weighted by atomic mass is 80.9. The van der Waals surface area contributed by atoms with Crippen molar-refractivity contribution in [2.45, 2.75) is 51.9 Å². The van der Waals surface area contributed by atoms with Crippen LogP contribution in [0, 0.1) is 0 Å².